The number of morpholine rings is 1. The van der Waals surface area contributed by atoms with E-state index < -0.39 is 0 Å². The average Bonchev–Trinajstić information content (AvgIpc) is 3.18. The zero-order valence-corrected chi connectivity index (χ0v) is 14.4. The molecule has 1 amide bonds. The molecule has 3 aromatic rings. The summed E-state index contributed by atoms with van der Waals surface area (Å²) < 4.78 is 11.4. The normalized spacial score (nSPS) is 17.2. The SMILES string of the molecule is O=C(Cc1coc(-c2ccccc2)n1)N1CCO[C@H](c2ccccc2)C1. The van der Waals surface area contributed by atoms with Crippen LogP contribution in [-0.2, 0) is 16.0 Å². The molecular weight excluding hydrogens is 328 g/mol. The lowest BCUT2D eigenvalue weighted by molar-refractivity contribution is -0.138. The van der Waals surface area contributed by atoms with Crippen LogP contribution in [0, 0.1) is 0 Å². The second kappa shape index (κ2) is 7.54. The van der Waals surface area contributed by atoms with E-state index in [1.165, 1.54) is 0 Å². The van der Waals surface area contributed by atoms with Gasteiger partial charge in [0, 0.05) is 12.1 Å². The minimum Gasteiger partial charge on any atom is -0.444 e. The topological polar surface area (TPSA) is 55.6 Å². The van der Waals surface area contributed by atoms with Crippen molar-refractivity contribution in [2.75, 3.05) is 19.7 Å². The first-order valence-electron chi connectivity index (χ1n) is 8.74. The molecule has 0 saturated carbocycles. The first kappa shape index (κ1) is 16.5. The third-order valence-electron chi connectivity index (χ3n) is 4.50. The van der Waals surface area contributed by atoms with Crippen molar-refractivity contribution in [1.82, 2.24) is 9.88 Å². The number of hydrogen-bond acceptors (Lipinski definition) is 4. The van der Waals surface area contributed by atoms with Gasteiger partial charge in [-0.1, -0.05) is 48.5 Å². The van der Waals surface area contributed by atoms with Crippen LogP contribution in [0.3, 0.4) is 0 Å². The van der Waals surface area contributed by atoms with E-state index in [1.807, 2.05) is 65.6 Å². The van der Waals surface area contributed by atoms with E-state index in [0.29, 0.717) is 31.3 Å². The van der Waals surface area contributed by atoms with E-state index in [9.17, 15) is 4.79 Å². The Morgan fingerprint density at radius 2 is 1.81 bits per heavy atom. The molecule has 2 aromatic carbocycles. The number of carbonyl (C=O) groups is 1. The summed E-state index contributed by atoms with van der Waals surface area (Å²) in [5, 5.41) is 0. The molecule has 2 heterocycles. The Bertz CT molecular complexity index is 861. The molecule has 0 N–H and O–H groups in total. The third-order valence-corrected chi connectivity index (χ3v) is 4.50. The number of oxazole rings is 1. The highest BCUT2D eigenvalue weighted by atomic mass is 16.5. The molecule has 1 fully saturated rings. The summed E-state index contributed by atoms with van der Waals surface area (Å²) >= 11 is 0. The van der Waals surface area contributed by atoms with Crippen molar-refractivity contribution in [3.63, 3.8) is 0 Å². The Morgan fingerprint density at radius 3 is 2.58 bits per heavy atom. The summed E-state index contributed by atoms with van der Waals surface area (Å²) in [4.78, 5) is 19.0. The van der Waals surface area contributed by atoms with Gasteiger partial charge in [0.2, 0.25) is 11.8 Å². The van der Waals surface area contributed by atoms with Gasteiger partial charge in [0.25, 0.3) is 0 Å². The lowest BCUT2D eigenvalue weighted by Gasteiger charge is -2.33. The van der Waals surface area contributed by atoms with Crippen LogP contribution in [-0.4, -0.2) is 35.5 Å². The fourth-order valence-electron chi connectivity index (χ4n) is 3.11. The summed E-state index contributed by atoms with van der Waals surface area (Å²) in [6.07, 6.45) is 1.72. The van der Waals surface area contributed by atoms with Crippen molar-refractivity contribution >= 4 is 5.91 Å². The molecule has 0 aliphatic carbocycles. The van der Waals surface area contributed by atoms with Crippen molar-refractivity contribution in [2.45, 2.75) is 12.5 Å². The molecule has 1 saturated heterocycles. The fourth-order valence-corrected chi connectivity index (χ4v) is 3.11. The average molecular weight is 348 g/mol. The van der Waals surface area contributed by atoms with Gasteiger partial charge in [-0.05, 0) is 17.7 Å². The van der Waals surface area contributed by atoms with Gasteiger partial charge in [-0.15, -0.1) is 0 Å². The fraction of sp³-hybridized carbons (Fsp3) is 0.238. The third kappa shape index (κ3) is 3.68. The van der Waals surface area contributed by atoms with Gasteiger partial charge in [0.05, 0.1) is 25.3 Å². The van der Waals surface area contributed by atoms with Crippen molar-refractivity contribution < 1.29 is 13.9 Å². The van der Waals surface area contributed by atoms with E-state index in [2.05, 4.69) is 4.98 Å². The Morgan fingerprint density at radius 1 is 1.08 bits per heavy atom. The van der Waals surface area contributed by atoms with Gasteiger partial charge in [-0.25, -0.2) is 4.98 Å². The minimum absolute atomic E-state index is 0.0437. The standard InChI is InChI=1S/C21H20N2O3/c24-20(13-18-15-26-21(22-18)17-9-5-2-6-10-17)23-11-12-25-19(14-23)16-7-3-1-4-8-16/h1-10,15,19H,11-14H2/t19-/m0/s1. The monoisotopic (exact) mass is 348 g/mol. The Hall–Kier alpha value is -2.92. The highest BCUT2D eigenvalue weighted by molar-refractivity contribution is 5.78. The van der Waals surface area contributed by atoms with E-state index in [-0.39, 0.29) is 18.4 Å². The molecule has 0 radical (unpaired) electrons. The summed E-state index contributed by atoms with van der Waals surface area (Å²) in [6, 6.07) is 19.7. The number of carbonyl (C=O) groups excluding carboxylic acids is 1. The Balaban J connectivity index is 1.41. The van der Waals surface area contributed by atoms with E-state index in [4.69, 9.17) is 9.15 Å². The van der Waals surface area contributed by atoms with Gasteiger partial charge >= 0.3 is 0 Å². The summed E-state index contributed by atoms with van der Waals surface area (Å²) in [7, 11) is 0. The number of rotatable bonds is 4. The Kier molecular flexibility index (Phi) is 4.80. The second-order valence-corrected chi connectivity index (χ2v) is 6.30. The molecule has 0 bridgehead atoms. The van der Waals surface area contributed by atoms with E-state index >= 15 is 0 Å². The zero-order valence-electron chi connectivity index (χ0n) is 14.4. The predicted octanol–water partition coefficient (Wildman–Crippen LogP) is 3.48. The van der Waals surface area contributed by atoms with Crippen molar-refractivity contribution in [3.8, 4) is 11.5 Å². The van der Waals surface area contributed by atoms with Crippen LogP contribution in [0.4, 0.5) is 0 Å². The van der Waals surface area contributed by atoms with Crippen LogP contribution in [0.1, 0.15) is 17.4 Å². The lowest BCUT2D eigenvalue weighted by Crippen LogP contribution is -2.43. The molecule has 1 aliphatic rings. The van der Waals surface area contributed by atoms with Crippen LogP contribution in [0.5, 0.6) is 0 Å². The molecule has 132 valence electrons. The highest BCUT2D eigenvalue weighted by Gasteiger charge is 2.26. The van der Waals surface area contributed by atoms with Crippen molar-refractivity contribution in [2.24, 2.45) is 0 Å². The Labute approximate surface area is 152 Å². The molecule has 1 aromatic heterocycles. The number of hydrogen-bond donors (Lipinski definition) is 0. The first-order valence-corrected chi connectivity index (χ1v) is 8.74. The first-order chi connectivity index (χ1) is 12.8. The van der Waals surface area contributed by atoms with Gasteiger partial charge in [-0.2, -0.15) is 0 Å². The molecule has 4 rings (SSSR count). The van der Waals surface area contributed by atoms with Gasteiger partial charge in [0.15, 0.2) is 0 Å². The van der Waals surface area contributed by atoms with Crippen LogP contribution in [0.15, 0.2) is 71.3 Å². The molecule has 0 unspecified atom stereocenters. The largest absolute Gasteiger partial charge is 0.444 e. The second-order valence-electron chi connectivity index (χ2n) is 6.30. The smallest absolute Gasteiger partial charge is 0.228 e. The van der Waals surface area contributed by atoms with Crippen LogP contribution >= 0.6 is 0 Å². The zero-order chi connectivity index (χ0) is 17.8. The molecule has 0 spiro atoms. The van der Waals surface area contributed by atoms with Crippen molar-refractivity contribution in [1.29, 1.82) is 0 Å². The number of benzene rings is 2. The maximum atomic E-state index is 12.7. The maximum Gasteiger partial charge on any atom is 0.228 e. The number of nitrogens with zero attached hydrogens (tertiary/aromatic N) is 2. The van der Waals surface area contributed by atoms with E-state index in [0.717, 1.165) is 11.1 Å². The molecule has 1 atom stereocenters. The van der Waals surface area contributed by atoms with Gasteiger partial charge in [0.1, 0.15) is 12.4 Å². The molecule has 5 heteroatoms. The maximum absolute atomic E-state index is 12.7. The summed E-state index contributed by atoms with van der Waals surface area (Å²) in [6.45, 7) is 1.71. The predicted molar refractivity (Wildman–Crippen MR) is 97.4 cm³/mol. The van der Waals surface area contributed by atoms with Crippen LogP contribution in [0.2, 0.25) is 0 Å². The van der Waals surface area contributed by atoms with Gasteiger partial charge in [-0.3, -0.25) is 4.79 Å². The highest BCUT2D eigenvalue weighted by Crippen LogP contribution is 2.23. The molecular formula is C21H20N2O3. The summed E-state index contributed by atoms with van der Waals surface area (Å²) in [5.74, 6) is 0.583. The van der Waals surface area contributed by atoms with Crippen LogP contribution in [0.25, 0.3) is 11.5 Å². The number of ether oxygens (including phenoxy) is 1. The number of aromatic nitrogens is 1. The van der Waals surface area contributed by atoms with E-state index in [1.54, 1.807) is 6.26 Å². The summed E-state index contributed by atoms with van der Waals surface area (Å²) in [5.41, 5.74) is 2.65. The number of amides is 1. The minimum atomic E-state index is -0.0777. The van der Waals surface area contributed by atoms with Crippen molar-refractivity contribution in [3.05, 3.63) is 78.2 Å². The van der Waals surface area contributed by atoms with Gasteiger partial charge < -0.3 is 14.1 Å². The molecule has 26 heavy (non-hydrogen) atoms. The molecule has 1 aliphatic heterocycles. The lowest BCUT2D eigenvalue weighted by atomic mass is 10.1. The quantitative estimate of drug-likeness (QED) is 0.724. The molecule has 5 nitrogen and oxygen atoms in total. The van der Waals surface area contributed by atoms with Crippen LogP contribution < -0.4 is 0 Å².